The SMILES string of the molecule is CCc1cc(C#N)nc2[nH]ccc12. The lowest BCUT2D eigenvalue weighted by Crippen LogP contribution is -1.89. The predicted octanol–water partition coefficient (Wildman–Crippen LogP) is 2.00. The summed E-state index contributed by atoms with van der Waals surface area (Å²) in [5, 5.41) is 9.84. The van der Waals surface area contributed by atoms with Crippen molar-refractivity contribution in [2.45, 2.75) is 13.3 Å². The van der Waals surface area contributed by atoms with Crippen LogP contribution in [0.15, 0.2) is 18.3 Å². The Morgan fingerprint density at radius 2 is 2.46 bits per heavy atom. The number of pyridine rings is 1. The Balaban J connectivity index is 2.79. The number of rotatable bonds is 1. The van der Waals surface area contributed by atoms with Crippen molar-refractivity contribution in [3.63, 3.8) is 0 Å². The number of aromatic nitrogens is 2. The number of nitriles is 1. The third-order valence-corrected chi connectivity index (χ3v) is 2.11. The zero-order chi connectivity index (χ0) is 9.26. The number of fused-ring (bicyclic) bond motifs is 1. The lowest BCUT2D eigenvalue weighted by molar-refractivity contribution is 1.14. The molecule has 0 aliphatic rings. The number of hydrogen-bond donors (Lipinski definition) is 1. The van der Waals surface area contributed by atoms with E-state index in [1.165, 1.54) is 5.56 Å². The zero-order valence-corrected chi connectivity index (χ0v) is 7.33. The van der Waals surface area contributed by atoms with Gasteiger partial charge in [0, 0.05) is 11.6 Å². The highest BCUT2D eigenvalue weighted by molar-refractivity contribution is 5.80. The van der Waals surface area contributed by atoms with Crippen LogP contribution in [-0.4, -0.2) is 9.97 Å². The van der Waals surface area contributed by atoms with Gasteiger partial charge in [0.15, 0.2) is 0 Å². The van der Waals surface area contributed by atoms with Crippen molar-refractivity contribution < 1.29 is 0 Å². The van der Waals surface area contributed by atoms with Gasteiger partial charge in [0.05, 0.1) is 0 Å². The van der Waals surface area contributed by atoms with E-state index < -0.39 is 0 Å². The topological polar surface area (TPSA) is 52.5 Å². The Hall–Kier alpha value is -1.82. The van der Waals surface area contributed by atoms with Crippen LogP contribution in [0.4, 0.5) is 0 Å². The summed E-state index contributed by atoms with van der Waals surface area (Å²) >= 11 is 0. The summed E-state index contributed by atoms with van der Waals surface area (Å²) in [5.41, 5.74) is 2.45. The average Bonchev–Trinajstić information content (AvgIpc) is 2.63. The summed E-state index contributed by atoms with van der Waals surface area (Å²) < 4.78 is 0. The lowest BCUT2D eigenvalue weighted by atomic mass is 10.1. The Morgan fingerprint density at radius 3 is 3.15 bits per heavy atom. The van der Waals surface area contributed by atoms with Crippen LogP contribution in [0.5, 0.6) is 0 Å². The van der Waals surface area contributed by atoms with Crippen LogP contribution >= 0.6 is 0 Å². The molecule has 0 spiro atoms. The molecule has 0 saturated heterocycles. The maximum Gasteiger partial charge on any atom is 0.143 e. The first-order valence-electron chi connectivity index (χ1n) is 4.22. The van der Waals surface area contributed by atoms with Crippen LogP contribution < -0.4 is 0 Å². The molecule has 0 atom stereocenters. The molecule has 0 unspecified atom stereocenters. The standard InChI is InChI=1S/C10H9N3/c1-2-7-5-8(6-11)13-10-9(7)3-4-12-10/h3-5H,2H2,1H3,(H,12,13). The van der Waals surface area contributed by atoms with Gasteiger partial charge in [-0.25, -0.2) is 4.98 Å². The molecule has 0 radical (unpaired) electrons. The summed E-state index contributed by atoms with van der Waals surface area (Å²) in [6.45, 7) is 2.07. The molecule has 0 bridgehead atoms. The Bertz CT molecular complexity index is 476. The fraction of sp³-hybridized carbons (Fsp3) is 0.200. The minimum Gasteiger partial charge on any atom is -0.346 e. The maximum atomic E-state index is 8.73. The van der Waals surface area contributed by atoms with Gasteiger partial charge in [-0.3, -0.25) is 0 Å². The van der Waals surface area contributed by atoms with E-state index in [9.17, 15) is 0 Å². The largest absolute Gasteiger partial charge is 0.346 e. The Labute approximate surface area is 76.0 Å². The fourth-order valence-electron chi connectivity index (χ4n) is 1.46. The number of hydrogen-bond acceptors (Lipinski definition) is 2. The van der Waals surface area contributed by atoms with Gasteiger partial charge in [-0.05, 0) is 24.1 Å². The van der Waals surface area contributed by atoms with E-state index in [-0.39, 0.29) is 0 Å². The van der Waals surface area contributed by atoms with Crippen LogP contribution in [0.25, 0.3) is 11.0 Å². The molecular weight excluding hydrogens is 162 g/mol. The molecule has 0 saturated carbocycles. The van der Waals surface area contributed by atoms with E-state index in [0.717, 1.165) is 17.5 Å². The molecule has 0 aromatic carbocycles. The molecule has 3 nitrogen and oxygen atoms in total. The third-order valence-electron chi connectivity index (χ3n) is 2.11. The van der Waals surface area contributed by atoms with Crippen molar-refractivity contribution in [3.05, 3.63) is 29.6 Å². The highest BCUT2D eigenvalue weighted by Gasteiger charge is 2.03. The van der Waals surface area contributed by atoms with Gasteiger partial charge in [-0.2, -0.15) is 5.26 Å². The first-order chi connectivity index (χ1) is 6.35. The fourth-order valence-corrected chi connectivity index (χ4v) is 1.46. The first-order valence-corrected chi connectivity index (χ1v) is 4.22. The van der Waals surface area contributed by atoms with E-state index >= 15 is 0 Å². The van der Waals surface area contributed by atoms with Crippen molar-refractivity contribution >= 4 is 11.0 Å². The molecule has 0 fully saturated rings. The van der Waals surface area contributed by atoms with E-state index in [1.807, 2.05) is 18.3 Å². The minimum absolute atomic E-state index is 0.479. The van der Waals surface area contributed by atoms with Gasteiger partial charge in [-0.15, -0.1) is 0 Å². The zero-order valence-electron chi connectivity index (χ0n) is 7.33. The lowest BCUT2D eigenvalue weighted by Gasteiger charge is -1.98. The molecular formula is C10H9N3. The highest BCUT2D eigenvalue weighted by atomic mass is 14.8. The molecule has 0 amide bonds. The minimum atomic E-state index is 0.479. The van der Waals surface area contributed by atoms with E-state index in [4.69, 9.17) is 5.26 Å². The Kier molecular flexibility index (Phi) is 1.75. The van der Waals surface area contributed by atoms with Crippen molar-refractivity contribution in [1.82, 2.24) is 9.97 Å². The molecule has 3 heteroatoms. The molecule has 2 aromatic heterocycles. The van der Waals surface area contributed by atoms with Crippen LogP contribution in [0, 0.1) is 11.3 Å². The maximum absolute atomic E-state index is 8.73. The van der Waals surface area contributed by atoms with Gasteiger partial charge >= 0.3 is 0 Å². The quantitative estimate of drug-likeness (QED) is 0.713. The molecule has 1 N–H and O–H groups in total. The second-order valence-electron chi connectivity index (χ2n) is 2.87. The molecule has 64 valence electrons. The molecule has 2 rings (SSSR count). The summed E-state index contributed by atoms with van der Waals surface area (Å²) in [5.74, 6) is 0. The monoisotopic (exact) mass is 171 g/mol. The van der Waals surface area contributed by atoms with Gasteiger partial charge in [0.2, 0.25) is 0 Å². The van der Waals surface area contributed by atoms with E-state index in [2.05, 4.69) is 23.0 Å². The summed E-state index contributed by atoms with van der Waals surface area (Å²) in [6.07, 6.45) is 2.77. The number of nitrogens with one attached hydrogen (secondary N) is 1. The highest BCUT2D eigenvalue weighted by Crippen LogP contribution is 2.17. The van der Waals surface area contributed by atoms with Gasteiger partial charge in [-0.1, -0.05) is 6.92 Å². The van der Waals surface area contributed by atoms with Crippen LogP contribution in [-0.2, 0) is 6.42 Å². The molecule has 2 heterocycles. The van der Waals surface area contributed by atoms with E-state index in [0.29, 0.717) is 5.69 Å². The molecule has 13 heavy (non-hydrogen) atoms. The van der Waals surface area contributed by atoms with Crippen molar-refractivity contribution in [2.75, 3.05) is 0 Å². The molecule has 0 aliphatic carbocycles. The van der Waals surface area contributed by atoms with Gasteiger partial charge < -0.3 is 4.98 Å². The third kappa shape index (κ3) is 1.17. The number of nitrogens with zero attached hydrogens (tertiary/aromatic N) is 2. The second-order valence-corrected chi connectivity index (χ2v) is 2.87. The Morgan fingerprint density at radius 1 is 1.62 bits per heavy atom. The molecule has 2 aromatic rings. The van der Waals surface area contributed by atoms with Crippen LogP contribution in [0.3, 0.4) is 0 Å². The predicted molar refractivity (Wildman–Crippen MR) is 50.2 cm³/mol. The number of aryl methyl sites for hydroxylation is 1. The average molecular weight is 171 g/mol. The van der Waals surface area contributed by atoms with Crippen LogP contribution in [0.2, 0.25) is 0 Å². The first kappa shape index (κ1) is 7.81. The normalized spacial score (nSPS) is 10.2. The number of aromatic amines is 1. The molecule has 0 aliphatic heterocycles. The number of H-pyrrole nitrogens is 1. The van der Waals surface area contributed by atoms with Gasteiger partial charge in [0.1, 0.15) is 17.4 Å². The summed E-state index contributed by atoms with van der Waals surface area (Å²) in [4.78, 5) is 7.15. The van der Waals surface area contributed by atoms with Gasteiger partial charge in [0.25, 0.3) is 0 Å². The summed E-state index contributed by atoms with van der Waals surface area (Å²) in [7, 11) is 0. The van der Waals surface area contributed by atoms with Crippen molar-refractivity contribution in [1.29, 1.82) is 5.26 Å². The second kappa shape index (κ2) is 2.91. The smallest absolute Gasteiger partial charge is 0.143 e. The van der Waals surface area contributed by atoms with Crippen molar-refractivity contribution in [3.8, 4) is 6.07 Å². The van der Waals surface area contributed by atoms with E-state index in [1.54, 1.807) is 0 Å². The van der Waals surface area contributed by atoms with Crippen LogP contribution in [0.1, 0.15) is 18.2 Å². The summed E-state index contributed by atoms with van der Waals surface area (Å²) in [6, 6.07) is 5.88. The van der Waals surface area contributed by atoms with Crippen molar-refractivity contribution in [2.24, 2.45) is 0 Å².